The minimum atomic E-state index is -1.45. The van der Waals surface area contributed by atoms with Crippen LogP contribution < -0.4 is 5.73 Å². The molecular weight excluding hydrogens is 386 g/mol. The molecule has 150 valence electrons. The number of hydrogen-bond donors (Lipinski definition) is 2. The molecule has 5 rings (SSSR count). The summed E-state index contributed by atoms with van der Waals surface area (Å²) < 4.78 is 8.16. The van der Waals surface area contributed by atoms with E-state index in [0.29, 0.717) is 33.8 Å². The zero-order valence-corrected chi connectivity index (χ0v) is 15.9. The van der Waals surface area contributed by atoms with Gasteiger partial charge >= 0.3 is 5.97 Å². The van der Waals surface area contributed by atoms with Gasteiger partial charge in [0.25, 0.3) is 0 Å². The summed E-state index contributed by atoms with van der Waals surface area (Å²) in [6.07, 6.45) is 3.31. The number of carboxylic acid groups (broad SMARTS) is 1. The van der Waals surface area contributed by atoms with Crippen molar-refractivity contribution in [2.24, 2.45) is 0 Å². The number of furan rings is 1. The second kappa shape index (κ2) is 6.41. The number of nitrogens with two attached hydrogens (primary N) is 1. The molecule has 1 aromatic carbocycles. The van der Waals surface area contributed by atoms with Gasteiger partial charge < -0.3 is 15.3 Å². The van der Waals surface area contributed by atoms with Gasteiger partial charge in [-0.1, -0.05) is 37.3 Å². The van der Waals surface area contributed by atoms with Crippen molar-refractivity contribution in [2.75, 3.05) is 5.73 Å². The summed E-state index contributed by atoms with van der Waals surface area (Å²) in [5.74, 6) is -0.152. The number of aromatic nitrogens is 6. The largest absolute Gasteiger partial charge is 0.479 e. The number of nitrogen functional groups attached to an aromatic ring is 1. The zero-order chi connectivity index (χ0) is 20.9. The van der Waals surface area contributed by atoms with Crippen LogP contribution >= 0.6 is 0 Å². The summed E-state index contributed by atoms with van der Waals surface area (Å²) in [5.41, 5.74) is 6.01. The van der Waals surface area contributed by atoms with E-state index in [1.165, 1.54) is 21.7 Å². The standard InChI is InChI=1S/C20H17N7O3/c1-2-20(18(28)29,12-7-4-3-5-8-12)27-17-13(11-22-27)16-23-15(14-9-6-10-30-14)25-26(16)19(21)24-17/h3-11H,2H2,1H3,(H2,21,24)(H,28,29). The molecule has 0 radical (unpaired) electrons. The highest BCUT2D eigenvalue weighted by atomic mass is 16.4. The zero-order valence-electron chi connectivity index (χ0n) is 15.9. The van der Waals surface area contributed by atoms with E-state index in [9.17, 15) is 9.90 Å². The van der Waals surface area contributed by atoms with Crippen molar-refractivity contribution in [1.82, 2.24) is 29.4 Å². The van der Waals surface area contributed by atoms with E-state index in [1.54, 1.807) is 43.3 Å². The number of nitrogens with zero attached hydrogens (tertiary/aromatic N) is 6. The van der Waals surface area contributed by atoms with Crippen molar-refractivity contribution in [3.63, 3.8) is 0 Å². The molecule has 0 spiro atoms. The number of aliphatic carboxylic acids is 1. The maximum absolute atomic E-state index is 12.5. The first kappa shape index (κ1) is 17.9. The molecule has 10 nitrogen and oxygen atoms in total. The lowest BCUT2D eigenvalue weighted by molar-refractivity contribution is -0.145. The van der Waals surface area contributed by atoms with Crippen LogP contribution in [0.25, 0.3) is 28.3 Å². The van der Waals surface area contributed by atoms with E-state index in [-0.39, 0.29) is 12.4 Å². The number of benzene rings is 1. The van der Waals surface area contributed by atoms with Crippen LogP contribution in [0.2, 0.25) is 0 Å². The van der Waals surface area contributed by atoms with Gasteiger partial charge in [0.15, 0.2) is 22.6 Å². The molecule has 0 aliphatic heterocycles. The third-order valence-corrected chi connectivity index (χ3v) is 5.25. The van der Waals surface area contributed by atoms with Gasteiger partial charge in [0.1, 0.15) is 0 Å². The molecule has 3 N–H and O–H groups in total. The van der Waals surface area contributed by atoms with Gasteiger partial charge in [-0.25, -0.2) is 14.5 Å². The fourth-order valence-electron chi connectivity index (χ4n) is 3.75. The molecule has 0 amide bonds. The van der Waals surface area contributed by atoms with E-state index < -0.39 is 11.5 Å². The molecule has 0 bridgehead atoms. The molecule has 4 heterocycles. The van der Waals surface area contributed by atoms with Crippen LogP contribution in [-0.4, -0.2) is 40.4 Å². The minimum Gasteiger partial charge on any atom is -0.479 e. The number of rotatable bonds is 5. The van der Waals surface area contributed by atoms with Crippen LogP contribution in [0.1, 0.15) is 18.9 Å². The molecule has 1 unspecified atom stereocenters. The van der Waals surface area contributed by atoms with Crippen LogP contribution in [0.5, 0.6) is 0 Å². The highest BCUT2D eigenvalue weighted by Gasteiger charge is 2.43. The van der Waals surface area contributed by atoms with E-state index in [2.05, 4.69) is 20.2 Å². The molecular formula is C20H17N7O3. The normalized spacial score (nSPS) is 13.6. The molecule has 30 heavy (non-hydrogen) atoms. The predicted molar refractivity (Wildman–Crippen MR) is 108 cm³/mol. The summed E-state index contributed by atoms with van der Waals surface area (Å²) in [5, 5.41) is 19.6. The Kier molecular flexibility index (Phi) is 3.82. The number of fused-ring (bicyclic) bond motifs is 3. The minimum absolute atomic E-state index is 0.0630. The van der Waals surface area contributed by atoms with Gasteiger partial charge in [0.05, 0.1) is 17.8 Å². The Morgan fingerprint density at radius 1 is 1.17 bits per heavy atom. The van der Waals surface area contributed by atoms with E-state index in [0.717, 1.165) is 0 Å². The van der Waals surface area contributed by atoms with Crippen molar-refractivity contribution >= 4 is 28.6 Å². The Labute approximate surface area is 169 Å². The Balaban J connectivity index is 1.81. The van der Waals surface area contributed by atoms with Gasteiger partial charge in [-0.05, 0) is 24.1 Å². The third kappa shape index (κ3) is 2.33. The second-order valence-corrected chi connectivity index (χ2v) is 6.80. The van der Waals surface area contributed by atoms with Gasteiger partial charge in [-0.3, -0.25) is 0 Å². The lowest BCUT2D eigenvalue weighted by Gasteiger charge is -2.29. The first-order valence-corrected chi connectivity index (χ1v) is 9.29. The molecule has 0 aliphatic rings. The van der Waals surface area contributed by atoms with Gasteiger partial charge in [0.2, 0.25) is 11.8 Å². The number of carboxylic acids is 1. The first-order valence-electron chi connectivity index (χ1n) is 9.29. The van der Waals surface area contributed by atoms with Crippen molar-refractivity contribution in [2.45, 2.75) is 18.9 Å². The second-order valence-electron chi connectivity index (χ2n) is 6.80. The van der Waals surface area contributed by atoms with Crippen LogP contribution in [-0.2, 0) is 10.3 Å². The number of hydrogen-bond acceptors (Lipinski definition) is 7. The Hall–Kier alpha value is -4.21. The number of anilines is 1. The Bertz CT molecular complexity index is 1370. The summed E-state index contributed by atoms with van der Waals surface area (Å²) in [4.78, 5) is 21.5. The maximum atomic E-state index is 12.5. The molecule has 0 saturated heterocycles. The Morgan fingerprint density at radius 3 is 2.63 bits per heavy atom. The molecule has 5 aromatic rings. The van der Waals surface area contributed by atoms with E-state index >= 15 is 0 Å². The van der Waals surface area contributed by atoms with Crippen LogP contribution in [0.4, 0.5) is 5.95 Å². The third-order valence-electron chi connectivity index (χ3n) is 5.25. The average molecular weight is 403 g/mol. The number of carbonyl (C=O) groups is 1. The van der Waals surface area contributed by atoms with Gasteiger partial charge in [-0.15, -0.1) is 5.10 Å². The summed E-state index contributed by atoms with van der Waals surface area (Å²) in [7, 11) is 0. The van der Waals surface area contributed by atoms with Gasteiger partial charge in [-0.2, -0.15) is 14.6 Å². The maximum Gasteiger partial charge on any atom is 0.336 e. The fourth-order valence-corrected chi connectivity index (χ4v) is 3.75. The lowest BCUT2D eigenvalue weighted by Crippen LogP contribution is -2.43. The van der Waals surface area contributed by atoms with Crippen molar-refractivity contribution in [3.8, 4) is 11.6 Å². The highest BCUT2D eigenvalue weighted by molar-refractivity contribution is 5.92. The lowest BCUT2D eigenvalue weighted by atomic mass is 9.87. The van der Waals surface area contributed by atoms with Crippen molar-refractivity contribution in [1.29, 1.82) is 0 Å². The fraction of sp³-hybridized carbons (Fsp3) is 0.150. The Morgan fingerprint density at radius 2 is 1.97 bits per heavy atom. The quantitative estimate of drug-likeness (QED) is 0.457. The first-order chi connectivity index (χ1) is 14.6. The van der Waals surface area contributed by atoms with Crippen LogP contribution in [0.3, 0.4) is 0 Å². The van der Waals surface area contributed by atoms with E-state index in [4.69, 9.17) is 10.2 Å². The average Bonchev–Trinajstić information content (AvgIpc) is 3.49. The topological polar surface area (TPSA) is 137 Å². The SMILES string of the molecule is CCC(C(=O)O)(c1ccccc1)n1ncc2c1nc(N)n1nc(-c3ccco3)nc21. The smallest absolute Gasteiger partial charge is 0.336 e. The summed E-state index contributed by atoms with van der Waals surface area (Å²) in [6, 6.07) is 12.4. The predicted octanol–water partition coefficient (Wildman–Crippen LogP) is 2.55. The van der Waals surface area contributed by atoms with Crippen molar-refractivity contribution in [3.05, 3.63) is 60.5 Å². The van der Waals surface area contributed by atoms with Crippen LogP contribution in [0.15, 0.2) is 59.3 Å². The molecule has 1 atom stereocenters. The summed E-state index contributed by atoms with van der Waals surface area (Å²) >= 11 is 0. The molecule has 0 fully saturated rings. The van der Waals surface area contributed by atoms with E-state index in [1.807, 2.05) is 6.07 Å². The molecule has 0 saturated carbocycles. The molecule has 4 aromatic heterocycles. The summed E-state index contributed by atoms with van der Waals surface area (Å²) in [6.45, 7) is 1.79. The monoisotopic (exact) mass is 403 g/mol. The van der Waals surface area contributed by atoms with Crippen LogP contribution in [0, 0.1) is 0 Å². The molecule has 0 aliphatic carbocycles. The highest BCUT2D eigenvalue weighted by Crippen LogP contribution is 2.34. The molecule has 10 heteroatoms. The van der Waals surface area contributed by atoms with Gasteiger partial charge in [0, 0.05) is 0 Å². The van der Waals surface area contributed by atoms with Crippen molar-refractivity contribution < 1.29 is 14.3 Å².